The maximum atomic E-state index is 14.8. The molecule has 3 aliphatic rings. The van der Waals surface area contributed by atoms with Crippen LogP contribution in [0, 0.1) is 23.2 Å². The van der Waals surface area contributed by atoms with E-state index in [2.05, 4.69) is 54.7 Å². The molecule has 0 saturated carbocycles. The molecule has 8 heteroatoms. The molecule has 3 aliphatic heterocycles. The van der Waals surface area contributed by atoms with E-state index < -0.39 is 28.2 Å². The van der Waals surface area contributed by atoms with E-state index in [9.17, 15) is 19.5 Å². The molecule has 226 valence electrons. The molecule has 0 aromatic rings. The summed E-state index contributed by atoms with van der Waals surface area (Å²) in [5.41, 5.74) is -0.467. The van der Waals surface area contributed by atoms with Gasteiger partial charge in [-0.1, -0.05) is 39.8 Å². The maximum Gasteiger partial charge on any atom is 0.310 e. The van der Waals surface area contributed by atoms with Gasteiger partial charge in [0.1, 0.15) is 6.04 Å². The Balaban J connectivity index is 2.02. The number of rotatable bonds is 15. The van der Waals surface area contributed by atoms with Crippen molar-refractivity contribution in [2.24, 2.45) is 23.2 Å². The van der Waals surface area contributed by atoms with Crippen molar-refractivity contribution in [2.45, 2.75) is 108 Å². The number of aliphatic hydroxyl groups excluding tert-OH is 1. The monoisotopic (exact) mass is 576 g/mol. The second-order valence-corrected chi connectivity index (χ2v) is 15.3. The number of amides is 2. The fourth-order valence-corrected chi connectivity index (χ4v) is 10.1. The van der Waals surface area contributed by atoms with Gasteiger partial charge in [-0.15, -0.1) is 24.9 Å². The number of thioether (sulfide) groups is 1. The van der Waals surface area contributed by atoms with Gasteiger partial charge in [0, 0.05) is 30.5 Å². The van der Waals surface area contributed by atoms with E-state index in [-0.39, 0.29) is 41.0 Å². The van der Waals surface area contributed by atoms with Crippen LogP contribution in [0.2, 0.25) is 0 Å². The minimum absolute atomic E-state index is 0.00615. The molecule has 3 heterocycles. The van der Waals surface area contributed by atoms with Crippen LogP contribution >= 0.6 is 11.8 Å². The van der Waals surface area contributed by atoms with Crippen molar-refractivity contribution < 1.29 is 24.2 Å². The molecule has 0 radical (unpaired) electrons. The van der Waals surface area contributed by atoms with Gasteiger partial charge in [0.15, 0.2) is 0 Å². The molecule has 0 aliphatic carbocycles. The number of fused-ring (bicyclic) bond motifs is 1. The van der Waals surface area contributed by atoms with Crippen LogP contribution in [0.5, 0.6) is 0 Å². The smallest absolute Gasteiger partial charge is 0.310 e. The Hall–Kier alpha value is -1.80. The maximum absolute atomic E-state index is 14.8. The zero-order chi connectivity index (χ0) is 29.9. The van der Waals surface area contributed by atoms with Gasteiger partial charge in [-0.3, -0.25) is 14.4 Å². The lowest BCUT2D eigenvalue weighted by molar-refractivity contribution is -0.154. The van der Waals surface area contributed by atoms with Crippen LogP contribution in [0.25, 0.3) is 0 Å². The third-order valence-corrected chi connectivity index (χ3v) is 11.0. The summed E-state index contributed by atoms with van der Waals surface area (Å²) < 4.78 is 5.03. The van der Waals surface area contributed by atoms with Crippen LogP contribution in [0.3, 0.4) is 0 Å². The van der Waals surface area contributed by atoms with E-state index in [1.165, 1.54) is 0 Å². The second-order valence-electron chi connectivity index (χ2n) is 13.8. The summed E-state index contributed by atoms with van der Waals surface area (Å²) in [6.45, 7) is 21.8. The Kier molecular flexibility index (Phi) is 10.6. The number of nitrogens with zero attached hydrogens (tertiary/aromatic N) is 2. The fourth-order valence-electron chi connectivity index (χ4n) is 7.68. The first-order valence-electron chi connectivity index (χ1n) is 15.1. The summed E-state index contributed by atoms with van der Waals surface area (Å²) in [5.74, 6) is -1.45. The van der Waals surface area contributed by atoms with Crippen molar-refractivity contribution in [3.05, 3.63) is 25.3 Å². The summed E-state index contributed by atoms with van der Waals surface area (Å²) in [7, 11) is 0. The molecule has 3 fully saturated rings. The number of unbranched alkanes of at least 4 members (excludes halogenated alkanes) is 3. The first kappa shape index (κ1) is 32.7. The van der Waals surface area contributed by atoms with Crippen molar-refractivity contribution >= 4 is 29.5 Å². The molecule has 3 saturated heterocycles. The van der Waals surface area contributed by atoms with Gasteiger partial charge >= 0.3 is 5.97 Å². The minimum atomic E-state index is -0.669. The number of allylic oxidation sites excluding steroid dienone is 1. The summed E-state index contributed by atoms with van der Waals surface area (Å²) in [6.07, 6.45) is 8.75. The molecular weight excluding hydrogens is 524 g/mol. The predicted octanol–water partition coefficient (Wildman–Crippen LogP) is 5.23. The van der Waals surface area contributed by atoms with Crippen LogP contribution in [-0.4, -0.2) is 80.6 Å². The van der Waals surface area contributed by atoms with Crippen LogP contribution in [-0.2, 0) is 19.1 Å². The Morgan fingerprint density at radius 3 is 2.45 bits per heavy atom. The topological polar surface area (TPSA) is 87.2 Å². The molecule has 0 aromatic heterocycles. The van der Waals surface area contributed by atoms with Gasteiger partial charge in [0.25, 0.3) is 0 Å². The lowest BCUT2D eigenvalue weighted by Crippen LogP contribution is -2.61. The highest BCUT2D eigenvalue weighted by Crippen LogP contribution is 2.69. The van der Waals surface area contributed by atoms with Crippen LogP contribution in [0.4, 0.5) is 0 Å². The average Bonchev–Trinajstić information content (AvgIpc) is 3.44. The number of likely N-dealkylation sites (tertiary alicyclic amines) is 1. The number of carbonyl (C=O) groups is 3. The molecule has 1 N–H and O–H groups in total. The lowest BCUT2D eigenvalue weighted by Gasteiger charge is -2.46. The Morgan fingerprint density at radius 2 is 1.85 bits per heavy atom. The Morgan fingerprint density at radius 1 is 1.15 bits per heavy atom. The molecule has 3 unspecified atom stereocenters. The van der Waals surface area contributed by atoms with Crippen molar-refractivity contribution in [1.29, 1.82) is 0 Å². The highest BCUT2D eigenvalue weighted by Gasteiger charge is 2.76. The van der Waals surface area contributed by atoms with Crippen LogP contribution in [0.15, 0.2) is 25.3 Å². The third kappa shape index (κ3) is 6.33. The number of carbonyl (C=O) groups excluding carboxylic acids is 3. The molecule has 2 bridgehead atoms. The Bertz CT molecular complexity index is 959. The number of hydrogen-bond donors (Lipinski definition) is 1. The number of aliphatic hydroxyl groups is 1. The summed E-state index contributed by atoms with van der Waals surface area (Å²) >= 11 is 1.69. The molecule has 6 atom stereocenters. The van der Waals surface area contributed by atoms with Crippen LogP contribution < -0.4 is 0 Å². The second kappa shape index (κ2) is 13.0. The fraction of sp³-hybridized carbons (Fsp3) is 0.781. The predicted molar refractivity (Wildman–Crippen MR) is 162 cm³/mol. The summed E-state index contributed by atoms with van der Waals surface area (Å²) in [5, 5.41) is 9.28. The third-order valence-electron chi connectivity index (χ3n) is 8.88. The van der Waals surface area contributed by atoms with Gasteiger partial charge in [0.05, 0.1) is 23.2 Å². The van der Waals surface area contributed by atoms with Crippen molar-refractivity contribution in [2.75, 3.05) is 26.3 Å². The lowest BCUT2D eigenvalue weighted by atomic mass is 9.66. The molecule has 40 heavy (non-hydrogen) atoms. The molecule has 0 aromatic carbocycles. The molecule has 1 spiro atoms. The van der Waals surface area contributed by atoms with E-state index in [0.717, 1.165) is 25.7 Å². The summed E-state index contributed by atoms with van der Waals surface area (Å²) in [6, 6.07) is -0.651. The first-order chi connectivity index (χ1) is 18.8. The van der Waals surface area contributed by atoms with Crippen molar-refractivity contribution in [3.8, 4) is 0 Å². The zero-order valence-corrected chi connectivity index (χ0v) is 26.4. The molecule has 7 nitrogen and oxygen atoms in total. The van der Waals surface area contributed by atoms with E-state index in [1.807, 2.05) is 4.90 Å². The summed E-state index contributed by atoms with van der Waals surface area (Å²) in [4.78, 5) is 46.3. The van der Waals surface area contributed by atoms with Gasteiger partial charge < -0.3 is 19.6 Å². The van der Waals surface area contributed by atoms with E-state index in [4.69, 9.17) is 4.74 Å². The van der Waals surface area contributed by atoms with Gasteiger partial charge in [-0.05, 0) is 70.1 Å². The van der Waals surface area contributed by atoms with E-state index in [1.54, 1.807) is 28.8 Å². The molecule has 2 amide bonds. The zero-order valence-electron chi connectivity index (χ0n) is 25.6. The van der Waals surface area contributed by atoms with Crippen molar-refractivity contribution in [3.63, 3.8) is 0 Å². The minimum Gasteiger partial charge on any atom is -0.465 e. The van der Waals surface area contributed by atoms with E-state index >= 15 is 0 Å². The standard InChI is InChI=1S/C32H52N2O5S/c1-9-11-15-19-39-29(38)24-23-20-22(3)32(40-23)25(24)27(36)33(17-13-12-14-18-35)26(32)28(37)34(16-10-2)31(7,8)21-30(4,5)6/h9-10,22-26,35H,1-2,11-21H2,3-8H3/t22?,23-,24+,25-,26?,32?/m0/s1. The number of esters is 1. The highest BCUT2D eigenvalue weighted by atomic mass is 32.2. The van der Waals surface area contributed by atoms with Gasteiger partial charge in [-0.25, -0.2) is 0 Å². The quantitative estimate of drug-likeness (QED) is 0.163. The molecular formula is C32H52N2O5S. The average molecular weight is 577 g/mol. The largest absolute Gasteiger partial charge is 0.465 e. The first-order valence-corrected chi connectivity index (χ1v) is 15.9. The number of ether oxygens (including phenoxy) is 1. The molecule has 3 rings (SSSR count). The van der Waals surface area contributed by atoms with Crippen molar-refractivity contribution in [1.82, 2.24) is 9.80 Å². The normalized spacial score (nSPS) is 29.4. The van der Waals surface area contributed by atoms with E-state index in [0.29, 0.717) is 39.0 Å². The number of hydrogen-bond acceptors (Lipinski definition) is 6. The Labute approximate surface area is 246 Å². The van der Waals surface area contributed by atoms with Crippen LogP contribution in [0.1, 0.15) is 86.5 Å². The van der Waals surface area contributed by atoms with Gasteiger partial charge in [0.2, 0.25) is 11.8 Å². The van der Waals surface area contributed by atoms with Gasteiger partial charge in [-0.2, -0.15) is 0 Å². The highest BCUT2D eigenvalue weighted by molar-refractivity contribution is 8.02. The SMILES string of the molecule is C=CCCCOC(=O)[C@@H]1[C@@H]2CC(C)C3(S2)C(C(=O)N(CC=C)C(C)(C)CC(C)(C)C)N(CCCCCO)C(=O)[C@H]13.